The van der Waals surface area contributed by atoms with E-state index in [9.17, 15) is 0 Å². The zero-order valence-electron chi connectivity index (χ0n) is 12.7. The van der Waals surface area contributed by atoms with Crippen LogP contribution in [0.4, 0.5) is 5.69 Å². The molecule has 0 radical (unpaired) electrons. The van der Waals surface area contributed by atoms with Crippen molar-refractivity contribution in [1.29, 1.82) is 0 Å². The Balaban J connectivity index is 2.07. The minimum absolute atomic E-state index is 0.274. The Bertz CT molecular complexity index is 438. The van der Waals surface area contributed by atoms with Crippen molar-refractivity contribution in [3.05, 3.63) is 28.8 Å². The van der Waals surface area contributed by atoms with Crippen LogP contribution in [-0.4, -0.2) is 31.8 Å². The monoisotopic (exact) mass is 296 g/mol. The summed E-state index contributed by atoms with van der Waals surface area (Å²) in [6, 6.07) is 6.78. The molecule has 1 aliphatic heterocycles. The van der Waals surface area contributed by atoms with Gasteiger partial charge in [0.15, 0.2) is 0 Å². The summed E-state index contributed by atoms with van der Waals surface area (Å²) in [6.45, 7) is 10.0. The molecular formula is C16H25ClN2O. The normalized spacial score (nSPS) is 23.1. The van der Waals surface area contributed by atoms with Crippen molar-refractivity contribution in [2.75, 3.05) is 24.6 Å². The SMILES string of the molecule is CCCNCc1ccc(N2CC(C)OCC2C)cc1Cl. The number of nitrogens with zero attached hydrogens (tertiary/aromatic N) is 1. The average molecular weight is 297 g/mol. The van der Waals surface area contributed by atoms with Crippen molar-refractivity contribution in [3.8, 4) is 0 Å². The van der Waals surface area contributed by atoms with Gasteiger partial charge in [0.25, 0.3) is 0 Å². The highest BCUT2D eigenvalue weighted by Gasteiger charge is 2.23. The quantitative estimate of drug-likeness (QED) is 0.842. The third kappa shape index (κ3) is 3.87. The van der Waals surface area contributed by atoms with Gasteiger partial charge in [0.1, 0.15) is 0 Å². The van der Waals surface area contributed by atoms with Crippen LogP contribution >= 0.6 is 11.6 Å². The van der Waals surface area contributed by atoms with Gasteiger partial charge in [-0.15, -0.1) is 0 Å². The van der Waals surface area contributed by atoms with Crippen molar-refractivity contribution in [2.45, 2.75) is 45.9 Å². The van der Waals surface area contributed by atoms with Crippen LogP contribution in [0.15, 0.2) is 18.2 Å². The van der Waals surface area contributed by atoms with Gasteiger partial charge in [0.2, 0.25) is 0 Å². The lowest BCUT2D eigenvalue weighted by Crippen LogP contribution is -2.47. The van der Waals surface area contributed by atoms with E-state index in [2.05, 4.69) is 49.2 Å². The van der Waals surface area contributed by atoms with E-state index in [-0.39, 0.29) is 6.10 Å². The molecule has 1 aromatic carbocycles. The van der Waals surface area contributed by atoms with Gasteiger partial charge in [-0.05, 0) is 44.5 Å². The molecular weight excluding hydrogens is 272 g/mol. The van der Waals surface area contributed by atoms with Gasteiger partial charge in [-0.2, -0.15) is 0 Å². The number of nitrogens with one attached hydrogen (secondary N) is 1. The lowest BCUT2D eigenvalue weighted by molar-refractivity contribution is 0.0344. The molecule has 1 fully saturated rings. The van der Waals surface area contributed by atoms with E-state index in [4.69, 9.17) is 16.3 Å². The second-order valence-electron chi connectivity index (χ2n) is 5.60. The smallest absolute Gasteiger partial charge is 0.0723 e. The number of morpholine rings is 1. The molecule has 0 saturated carbocycles. The fraction of sp³-hybridized carbons (Fsp3) is 0.625. The zero-order chi connectivity index (χ0) is 14.5. The third-order valence-electron chi connectivity index (χ3n) is 3.72. The Hall–Kier alpha value is -0.770. The summed E-state index contributed by atoms with van der Waals surface area (Å²) in [5.74, 6) is 0. The maximum Gasteiger partial charge on any atom is 0.0723 e. The van der Waals surface area contributed by atoms with E-state index in [1.165, 1.54) is 5.69 Å². The Morgan fingerprint density at radius 1 is 1.40 bits per heavy atom. The summed E-state index contributed by atoms with van der Waals surface area (Å²) < 4.78 is 5.68. The Morgan fingerprint density at radius 2 is 2.20 bits per heavy atom. The standard InChI is InChI=1S/C16H25ClN2O/c1-4-7-18-9-14-5-6-15(8-16(14)17)19-10-13(3)20-11-12(19)2/h5-6,8,12-13,18H,4,7,9-11H2,1-3H3. The molecule has 1 aromatic rings. The second kappa shape index (κ2) is 7.30. The number of hydrogen-bond donors (Lipinski definition) is 1. The molecule has 0 amide bonds. The van der Waals surface area contributed by atoms with E-state index < -0.39 is 0 Å². The molecule has 0 bridgehead atoms. The summed E-state index contributed by atoms with van der Waals surface area (Å²) in [4.78, 5) is 2.38. The highest BCUT2D eigenvalue weighted by molar-refractivity contribution is 6.31. The summed E-state index contributed by atoms with van der Waals surface area (Å²) in [5, 5.41) is 4.23. The molecule has 1 aliphatic rings. The molecule has 4 heteroatoms. The first-order valence-electron chi connectivity index (χ1n) is 7.49. The Labute approximate surface area is 127 Å². The number of benzene rings is 1. The zero-order valence-corrected chi connectivity index (χ0v) is 13.4. The van der Waals surface area contributed by atoms with Gasteiger partial charge in [0.05, 0.1) is 12.7 Å². The van der Waals surface area contributed by atoms with Crippen LogP contribution < -0.4 is 10.2 Å². The molecule has 0 spiro atoms. The van der Waals surface area contributed by atoms with Crippen LogP contribution in [0, 0.1) is 0 Å². The predicted octanol–water partition coefficient (Wildman–Crippen LogP) is 3.45. The predicted molar refractivity (Wildman–Crippen MR) is 85.7 cm³/mol. The number of halogens is 1. The van der Waals surface area contributed by atoms with Crippen LogP contribution in [0.5, 0.6) is 0 Å². The molecule has 1 N–H and O–H groups in total. The largest absolute Gasteiger partial charge is 0.375 e. The second-order valence-corrected chi connectivity index (χ2v) is 6.01. The molecule has 3 nitrogen and oxygen atoms in total. The molecule has 2 atom stereocenters. The van der Waals surface area contributed by atoms with Crippen molar-refractivity contribution < 1.29 is 4.74 Å². The van der Waals surface area contributed by atoms with E-state index >= 15 is 0 Å². The van der Waals surface area contributed by atoms with Gasteiger partial charge < -0.3 is 15.0 Å². The molecule has 1 saturated heterocycles. The van der Waals surface area contributed by atoms with Gasteiger partial charge in [-0.3, -0.25) is 0 Å². The number of ether oxygens (including phenoxy) is 1. The van der Waals surface area contributed by atoms with E-state index in [0.29, 0.717) is 6.04 Å². The van der Waals surface area contributed by atoms with Gasteiger partial charge in [-0.25, -0.2) is 0 Å². The molecule has 1 heterocycles. The summed E-state index contributed by atoms with van der Waals surface area (Å²) >= 11 is 6.41. The van der Waals surface area contributed by atoms with Crippen LogP contribution in [-0.2, 0) is 11.3 Å². The summed E-state index contributed by atoms with van der Waals surface area (Å²) in [7, 11) is 0. The van der Waals surface area contributed by atoms with E-state index in [1.807, 2.05) is 0 Å². The van der Waals surface area contributed by atoms with Crippen molar-refractivity contribution in [3.63, 3.8) is 0 Å². The molecule has 112 valence electrons. The van der Waals surface area contributed by atoms with Crippen molar-refractivity contribution in [1.82, 2.24) is 5.32 Å². The van der Waals surface area contributed by atoms with Crippen LogP contribution in [0.1, 0.15) is 32.8 Å². The van der Waals surface area contributed by atoms with Crippen LogP contribution in [0.3, 0.4) is 0 Å². The number of rotatable bonds is 5. The van der Waals surface area contributed by atoms with E-state index in [1.54, 1.807) is 0 Å². The number of anilines is 1. The minimum atomic E-state index is 0.274. The first-order valence-corrected chi connectivity index (χ1v) is 7.87. The average Bonchev–Trinajstić information content (AvgIpc) is 2.43. The molecule has 20 heavy (non-hydrogen) atoms. The van der Waals surface area contributed by atoms with Crippen molar-refractivity contribution in [2.24, 2.45) is 0 Å². The van der Waals surface area contributed by atoms with Crippen LogP contribution in [0.25, 0.3) is 0 Å². The summed E-state index contributed by atoms with van der Waals surface area (Å²) in [6.07, 6.45) is 1.41. The molecule has 2 rings (SSSR count). The van der Waals surface area contributed by atoms with Crippen molar-refractivity contribution >= 4 is 17.3 Å². The molecule has 2 unspecified atom stereocenters. The minimum Gasteiger partial charge on any atom is -0.375 e. The first kappa shape index (κ1) is 15.6. The van der Waals surface area contributed by atoms with E-state index in [0.717, 1.165) is 43.2 Å². The maximum atomic E-state index is 6.41. The van der Waals surface area contributed by atoms with Gasteiger partial charge >= 0.3 is 0 Å². The highest BCUT2D eigenvalue weighted by atomic mass is 35.5. The Kier molecular flexibility index (Phi) is 5.70. The fourth-order valence-corrected chi connectivity index (χ4v) is 2.76. The highest BCUT2D eigenvalue weighted by Crippen LogP contribution is 2.27. The van der Waals surface area contributed by atoms with Crippen LogP contribution in [0.2, 0.25) is 5.02 Å². The topological polar surface area (TPSA) is 24.5 Å². The Morgan fingerprint density at radius 3 is 2.90 bits per heavy atom. The fourth-order valence-electron chi connectivity index (χ4n) is 2.52. The first-order chi connectivity index (χ1) is 9.61. The maximum absolute atomic E-state index is 6.41. The number of hydrogen-bond acceptors (Lipinski definition) is 3. The lowest BCUT2D eigenvalue weighted by Gasteiger charge is -2.38. The van der Waals surface area contributed by atoms with Gasteiger partial charge in [-0.1, -0.05) is 24.6 Å². The molecule has 0 aliphatic carbocycles. The lowest BCUT2D eigenvalue weighted by atomic mass is 10.1. The third-order valence-corrected chi connectivity index (χ3v) is 4.07. The van der Waals surface area contributed by atoms with Gasteiger partial charge in [0, 0.05) is 29.8 Å². The molecule has 0 aromatic heterocycles. The summed E-state index contributed by atoms with van der Waals surface area (Å²) in [5.41, 5.74) is 2.36.